The van der Waals surface area contributed by atoms with E-state index in [0.717, 1.165) is 30.0 Å². The lowest BCUT2D eigenvalue weighted by Gasteiger charge is -2.19. The summed E-state index contributed by atoms with van der Waals surface area (Å²) < 4.78 is 13.2. The lowest BCUT2D eigenvalue weighted by atomic mass is 10.0. The molecule has 0 aromatic carbocycles. The largest absolute Gasteiger partial charge is 1.00 e. The molecule has 1 fully saturated rings. The average Bonchev–Trinajstić information content (AvgIpc) is 3.43. The maximum Gasteiger partial charge on any atom is 0.417 e. The number of aryl methyl sites for hydroxylation is 1. The van der Waals surface area contributed by atoms with Crippen LogP contribution in [-0.2, 0) is 37.0 Å². The van der Waals surface area contributed by atoms with Crippen molar-refractivity contribution in [2.24, 2.45) is 5.92 Å². The zero-order chi connectivity index (χ0) is 30.4. The topological polar surface area (TPSA) is 98.0 Å². The smallest absolute Gasteiger partial charge is 0.417 e. The fourth-order valence-electron chi connectivity index (χ4n) is 5.31. The van der Waals surface area contributed by atoms with Crippen molar-refractivity contribution in [3.8, 4) is 0 Å². The Labute approximate surface area is 276 Å². The van der Waals surface area contributed by atoms with Gasteiger partial charge in [0.1, 0.15) is 13.1 Å². The quantitative estimate of drug-likeness (QED) is 0.0851. The molecule has 0 spiro atoms. The monoisotopic (exact) mass is 717 g/mol. The Kier molecular flexibility index (Phi) is 22.4. The molecule has 0 bridgehead atoms. The summed E-state index contributed by atoms with van der Waals surface area (Å²) >= 11 is 0. The van der Waals surface area contributed by atoms with Gasteiger partial charge in [-0.3, -0.25) is 9.59 Å². The van der Waals surface area contributed by atoms with Gasteiger partial charge in [-0.2, -0.15) is 5.48 Å². The van der Waals surface area contributed by atoms with E-state index in [1.165, 1.54) is 77.6 Å². The van der Waals surface area contributed by atoms with Crippen molar-refractivity contribution >= 4 is 18.0 Å². The maximum absolute atomic E-state index is 12.7. The van der Waals surface area contributed by atoms with Gasteiger partial charge in [0, 0.05) is 31.5 Å². The number of carbonyl (C=O) groups is 3. The van der Waals surface area contributed by atoms with Crippen LogP contribution in [0.15, 0.2) is 24.4 Å². The molecule has 0 saturated carbocycles. The Bertz CT molecular complexity index is 918. The van der Waals surface area contributed by atoms with E-state index in [2.05, 4.69) is 12.4 Å². The summed E-state index contributed by atoms with van der Waals surface area (Å²) in [5.41, 5.74) is 3.63. The highest BCUT2D eigenvalue weighted by Crippen LogP contribution is 2.23. The lowest BCUT2D eigenvalue weighted by molar-refractivity contribution is -0.701. The molecule has 2 amide bonds. The molecule has 2 atom stereocenters. The molecule has 0 aliphatic carbocycles. The van der Waals surface area contributed by atoms with E-state index in [1.54, 1.807) is 0 Å². The Morgan fingerprint density at radius 3 is 2.19 bits per heavy atom. The molecule has 43 heavy (non-hydrogen) atoms. The molecule has 1 saturated heterocycles. The molecule has 1 aliphatic heterocycles. The van der Waals surface area contributed by atoms with Gasteiger partial charge in [0.05, 0.1) is 25.7 Å². The van der Waals surface area contributed by atoms with Gasteiger partial charge in [-0.1, -0.05) is 90.0 Å². The van der Waals surface area contributed by atoms with Gasteiger partial charge < -0.3 is 38.3 Å². The number of unbranched alkanes of at least 4 members (excludes halogenated alkanes) is 12. The van der Waals surface area contributed by atoms with E-state index in [9.17, 15) is 14.4 Å². The van der Waals surface area contributed by atoms with E-state index in [1.807, 2.05) is 35.9 Å². The lowest BCUT2D eigenvalue weighted by Crippen LogP contribution is -3.00. The number of halogens is 1. The number of nitrogens with zero attached hydrogens (tertiary/aromatic N) is 2. The average molecular weight is 718 g/mol. The van der Waals surface area contributed by atoms with Gasteiger partial charge >= 0.3 is 12.1 Å². The first-order valence-electron chi connectivity index (χ1n) is 16.4. The summed E-state index contributed by atoms with van der Waals surface area (Å²) in [4.78, 5) is 43.3. The van der Waals surface area contributed by atoms with Gasteiger partial charge in [-0.15, -0.1) is 0 Å². The fraction of sp³-hybridized carbons (Fsp3) is 0.758. The number of carbonyl (C=O) groups excluding carboxylic acids is 3. The van der Waals surface area contributed by atoms with Gasteiger partial charge in [-0.05, 0) is 19.8 Å². The Morgan fingerprint density at radius 1 is 0.953 bits per heavy atom. The van der Waals surface area contributed by atoms with E-state index >= 15 is 0 Å². The van der Waals surface area contributed by atoms with Crippen molar-refractivity contribution in [3.63, 3.8) is 0 Å². The standard InChI is InChI=1S/C33H56N3O6.HI/c1-4-6-7-8-9-10-11-12-13-14-15-16-18-21-34-42-32(38)24-31-23-29(26-40-31)27-41-33(39)36(28(3)37)25-30-20-17-19-22-35(30)5-2;/h17,19-20,22,29,31,34H,4-16,18,21,23-27H2,1-3H3;1H/q+1;/p-1. The van der Waals surface area contributed by atoms with Crippen LogP contribution in [0.4, 0.5) is 4.79 Å². The van der Waals surface area contributed by atoms with E-state index in [4.69, 9.17) is 14.3 Å². The third-order valence-electron chi connectivity index (χ3n) is 7.87. The predicted molar refractivity (Wildman–Crippen MR) is 162 cm³/mol. The highest BCUT2D eigenvalue weighted by atomic mass is 127. The minimum Gasteiger partial charge on any atom is -1.00 e. The molecule has 1 N–H and O–H groups in total. The summed E-state index contributed by atoms with van der Waals surface area (Å²) in [5.74, 6) is -0.750. The molecule has 2 heterocycles. The number of rotatable bonds is 22. The van der Waals surface area contributed by atoms with Gasteiger partial charge in [0.25, 0.3) is 0 Å². The van der Waals surface area contributed by atoms with Crippen molar-refractivity contribution < 1.29 is 57.2 Å². The maximum atomic E-state index is 12.7. The number of pyridine rings is 1. The Hall–Kier alpha value is -1.79. The van der Waals surface area contributed by atoms with E-state index < -0.39 is 6.09 Å². The molecular formula is C33H56IN3O6. The van der Waals surface area contributed by atoms with Crippen LogP contribution < -0.4 is 34.0 Å². The second-order valence-corrected chi connectivity index (χ2v) is 11.5. The Morgan fingerprint density at radius 2 is 1.58 bits per heavy atom. The molecule has 9 nitrogen and oxygen atoms in total. The van der Waals surface area contributed by atoms with Crippen LogP contribution in [0.5, 0.6) is 0 Å². The number of hydrogen-bond acceptors (Lipinski definition) is 7. The Balaban J connectivity index is 0.00000924. The molecule has 2 rings (SSSR count). The van der Waals surface area contributed by atoms with Crippen LogP contribution in [0.25, 0.3) is 0 Å². The van der Waals surface area contributed by atoms with Gasteiger partial charge in [0.2, 0.25) is 11.6 Å². The van der Waals surface area contributed by atoms with Crippen LogP contribution >= 0.6 is 0 Å². The van der Waals surface area contributed by atoms with Gasteiger partial charge in [-0.25, -0.2) is 14.3 Å². The number of imide groups is 1. The number of amides is 2. The minimum atomic E-state index is -0.672. The normalized spacial score (nSPS) is 16.0. The molecule has 10 heteroatoms. The van der Waals surface area contributed by atoms with Crippen molar-refractivity contribution in [3.05, 3.63) is 30.1 Å². The first kappa shape index (κ1) is 39.2. The molecule has 0 radical (unpaired) electrons. The zero-order valence-electron chi connectivity index (χ0n) is 26.8. The molecule has 246 valence electrons. The van der Waals surface area contributed by atoms with E-state index in [-0.39, 0.29) is 67.4 Å². The van der Waals surface area contributed by atoms with Crippen molar-refractivity contribution in [1.29, 1.82) is 0 Å². The van der Waals surface area contributed by atoms with Crippen LogP contribution in [0.1, 0.15) is 123 Å². The number of ether oxygens (including phenoxy) is 2. The minimum absolute atomic E-state index is 0. The van der Waals surface area contributed by atoms with Crippen LogP contribution in [0.3, 0.4) is 0 Å². The summed E-state index contributed by atoms with van der Waals surface area (Å²) in [6.45, 7) is 7.68. The highest BCUT2D eigenvalue weighted by Gasteiger charge is 2.30. The van der Waals surface area contributed by atoms with Crippen molar-refractivity contribution in [2.75, 3.05) is 19.8 Å². The third-order valence-corrected chi connectivity index (χ3v) is 7.87. The highest BCUT2D eigenvalue weighted by molar-refractivity contribution is 5.90. The SMILES string of the molecule is CCCCCCCCCCCCCCCNOC(=O)CC1CC(COC(=O)N(Cc2cccc[n+]2CC)C(C)=O)CO1.[I-]. The van der Waals surface area contributed by atoms with Gasteiger partial charge in [0.15, 0.2) is 6.20 Å². The molecule has 1 aliphatic rings. The number of hydrogen-bond donors (Lipinski definition) is 1. The predicted octanol–water partition coefficient (Wildman–Crippen LogP) is 3.42. The fourth-order valence-corrected chi connectivity index (χ4v) is 5.31. The zero-order valence-corrected chi connectivity index (χ0v) is 29.0. The van der Waals surface area contributed by atoms with Crippen LogP contribution in [0.2, 0.25) is 0 Å². The van der Waals surface area contributed by atoms with Crippen LogP contribution in [-0.4, -0.2) is 48.7 Å². The number of aromatic nitrogens is 1. The summed E-state index contributed by atoms with van der Waals surface area (Å²) in [6, 6.07) is 5.67. The second kappa shape index (κ2) is 24.5. The van der Waals surface area contributed by atoms with Crippen LogP contribution in [0, 0.1) is 5.92 Å². The third kappa shape index (κ3) is 17.3. The van der Waals surface area contributed by atoms with Crippen molar-refractivity contribution in [1.82, 2.24) is 10.4 Å². The number of hydroxylamine groups is 1. The first-order chi connectivity index (χ1) is 20.4. The van der Waals surface area contributed by atoms with Crippen molar-refractivity contribution in [2.45, 2.75) is 136 Å². The summed E-state index contributed by atoms with van der Waals surface area (Å²) in [7, 11) is 0. The molecule has 2 unspecified atom stereocenters. The molecule has 1 aromatic rings. The van der Waals surface area contributed by atoms with E-state index in [0.29, 0.717) is 19.6 Å². The summed E-state index contributed by atoms with van der Waals surface area (Å²) in [6.07, 6.45) is 18.6. The first-order valence-corrected chi connectivity index (χ1v) is 16.4. The molecular weight excluding hydrogens is 661 g/mol. The number of nitrogens with one attached hydrogen (secondary N) is 1. The summed E-state index contributed by atoms with van der Waals surface area (Å²) in [5, 5.41) is 0. The molecule has 1 aromatic heterocycles. The second-order valence-electron chi connectivity index (χ2n) is 11.5.